The molecular weight excluding hydrogens is 298 g/mol. The summed E-state index contributed by atoms with van der Waals surface area (Å²) in [4.78, 5) is 12.8. The first-order valence-electron chi connectivity index (χ1n) is 8.14. The van der Waals surface area contributed by atoms with Crippen LogP contribution < -0.4 is 10.6 Å². The van der Waals surface area contributed by atoms with Crippen molar-refractivity contribution in [2.45, 2.75) is 19.4 Å². The second-order valence-electron chi connectivity index (χ2n) is 5.50. The summed E-state index contributed by atoms with van der Waals surface area (Å²) in [6.07, 6.45) is 7.47. The summed E-state index contributed by atoms with van der Waals surface area (Å²) < 4.78 is 0. The number of rotatable bonds is 8. The zero-order valence-electron chi connectivity index (χ0n) is 13.5. The van der Waals surface area contributed by atoms with Crippen molar-refractivity contribution in [3.05, 3.63) is 78.2 Å². The topological polar surface area (TPSA) is 62.7 Å². The van der Waals surface area contributed by atoms with E-state index in [1.807, 2.05) is 30.5 Å². The minimum Gasteiger partial charge on any atom is -0.366 e. The number of hydrogen-bond donors (Lipinski definition) is 2. The molecule has 2 aromatic heterocycles. The van der Waals surface area contributed by atoms with Crippen molar-refractivity contribution in [2.24, 2.45) is 0 Å². The summed E-state index contributed by atoms with van der Waals surface area (Å²) in [7, 11) is 0. The predicted octanol–water partition coefficient (Wildman–Crippen LogP) is 3.53. The van der Waals surface area contributed by atoms with Gasteiger partial charge in [-0.25, -0.2) is 4.98 Å². The van der Waals surface area contributed by atoms with Gasteiger partial charge in [0, 0.05) is 31.7 Å². The monoisotopic (exact) mass is 319 g/mol. The average Bonchev–Trinajstić information content (AvgIpc) is 2.66. The fourth-order valence-electron chi connectivity index (χ4n) is 2.38. The molecule has 0 aliphatic heterocycles. The van der Waals surface area contributed by atoms with E-state index in [2.05, 4.69) is 49.9 Å². The van der Waals surface area contributed by atoms with Gasteiger partial charge < -0.3 is 10.6 Å². The average molecular weight is 319 g/mol. The van der Waals surface area contributed by atoms with E-state index >= 15 is 0 Å². The van der Waals surface area contributed by atoms with Crippen LogP contribution in [0.1, 0.15) is 17.5 Å². The van der Waals surface area contributed by atoms with Crippen LogP contribution in [0.3, 0.4) is 0 Å². The molecule has 0 aliphatic carbocycles. The quantitative estimate of drug-likeness (QED) is 0.622. The molecule has 0 saturated carbocycles. The largest absolute Gasteiger partial charge is 0.366 e. The molecule has 24 heavy (non-hydrogen) atoms. The smallest absolute Gasteiger partial charge is 0.224 e. The third-order valence-electron chi connectivity index (χ3n) is 3.62. The normalized spacial score (nSPS) is 10.3. The fourth-order valence-corrected chi connectivity index (χ4v) is 2.38. The fraction of sp³-hybridized carbons (Fsp3) is 0.211. The minimum absolute atomic E-state index is 0.652. The van der Waals surface area contributed by atoms with Crippen LogP contribution in [0.15, 0.2) is 67.1 Å². The van der Waals surface area contributed by atoms with Crippen LogP contribution in [0.25, 0.3) is 0 Å². The van der Waals surface area contributed by atoms with Crippen LogP contribution in [-0.4, -0.2) is 21.5 Å². The van der Waals surface area contributed by atoms with Crippen LogP contribution in [0.2, 0.25) is 0 Å². The summed E-state index contributed by atoms with van der Waals surface area (Å²) in [5.74, 6) is 1.46. The lowest BCUT2D eigenvalue weighted by Crippen LogP contribution is -2.08. The Morgan fingerprint density at radius 1 is 0.833 bits per heavy atom. The van der Waals surface area contributed by atoms with Gasteiger partial charge in [-0.05, 0) is 36.1 Å². The standard InChI is InChI=1S/C19H21N5/c1-2-6-16(7-3-1)8-5-12-21-19-22-13-10-18(24-19)23-15-17-9-4-11-20-14-17/h1-4,6-7,9-11,13-14H,5,8,12,15H2,(H2,21,22,23,24). The second-order valence-corrected chi connectivity index (χ2v) is 5.50. The van der Waals surface area contributed by atoms with E-state index in [0.717, 1.165) is 30.8 Å². The molecule has 2 N–H and O–H groups in total. The van der Waals surface area contributed by atoms with Gasteiger partial charge >= 0.3 is 0 Å². The van der Waals surface area contributed by atoms with E-state index in [-0.39, 0.29) is 0 Å². The Hall–Kier alpha value is -2.95. The summed E-state index contributed by atoms with van der Waals surface area (Å²) in [6.45, 7) is 1.54. The first kappa shape index (κ1) is 15.9. The van der Waals surface area contributed by atoms with Crippen LogP contribution in [0.5, 0.6) is 0 Å². The molecule has 0 saturated heterocycles. The summed E-state index contributed by atoms with van der Waals surface area (Å²) >= 11 is 0. The molecule has 0 atom stereocenters. The number of benzene rings is 1. The van der Waals surface area contributed by atoms with E-state index < -0.39 is 0 Å². The molecule has 3 aromatic rings. The highest BCUT2D eigenvalue weighted by atomic mass is 15.1. The number of aryl methyl sites for hydroxylation is 1. The number of nitrogens with zero attached hydrogens (tertiary/aromatic N) is 3. The molecule has 0 bridgehead atoms. The van der Waals surface area contributed by atoms with Crippen molar-refractivity contribution in [1.29, 1.82) is 0 Å². The van der Waals surface area contributed by atoms with Gasteiger partial charge in [-0.15, -0.1) is 0 Å². The number of aromatic nitrogens is 3. The number of anilines is 2. The lowest BCUT2D eigenvalue weighted by Gasteiger charge is -2.08. The van der Waals surface area contributed by atoms with E-state index in [9.17, 15) is 0 Å². The van der Waals surface area contributed by atoms with Crippen LogP contribution in [0, 0.1) is 0 Å². The molecule has 0 fully saturated rings. The minimum atomic E-state index is 0.652. The first-order valence-corrected chi connectivity index (χ1v) is 8.14. The maximum Gasteiger partial charge on any atom is 0.224 e. The lowest BCUT2D eigenvalue weighted by atomic mass is 10.1. The molecule has 1 aromatic carbocycles. The Morgan fingerprint density at radius 2 is 1.71 bits per heavy atom. The van der Waals surface area contributed by atoms with Crippen molar-refractivity contribution in [3.8, 4) is 0 Å². The summed E-state index contributed by atoms with van der Waals surface area (Å²) in [5, 5.41) is 6.57. The van der Waals surface area contributed by atoms with Gasteiger partial charge in [0.05, 0.1) is 0 Å². The van der Waals surface area contributed by atoms with Gasteiger partial charge in [0.1, 0.15) is 5.82 Å². The number of hydrogen-bond acceptors (Lipinski definition) is 5. The Labute approximate surface area is 142 Å². The molecule has 5 heteroatoms. The summed E-state index contributed by atoms with van der Waals surface area (Å²) in [5.41, 5.74) is 2.47. The molecule has 0 aliphatic rings. The van der Waals surface area contributed by atoms with Crippen molar-refractivity contribution in [1.82, 2.24) is 15.0 Å². The highest BCUT2D eigenvalue weighted by molar-refractivity contribution is 5.40. The Balaban J connectivity index is 1.45. The van der Waals surface area contributed by atoms with E-state index in [4.69, 9.17) is 0 Å². The van der Waals surface area contributed by atoms with Crippen molar-refractivity contribution < 1.29 is 0 Å². The summed E-state index contributed by atoms with van der Waals surface area (Å²) in [6, 6.07) is 16.3. The third-order valence-corrected chi connectivity index (χ3v) is 3.62. The van der Waals surface area contributed by atoms with Crippen LogP contribution >= 0.6 is 0 Å². The van der Waals surface area contributed by atoms with Gasteiger partial charge in [0.15, 0.2) is 0 Å². The molecule has 3 rings (SSSR count). The highest BCUT2D eigenvalue weighted by Gasteiger charge is 2.00. The van der Waals surface area contributed by atoms with E-state index in [1.165, 1.54) is 5.56 Å². The molecule has 0 radical (unpaired) electrons. The van der Waals surface area contributed by atoms with Crippen molar-refractivity contribution in [3.63, 3.8) is 0 Å². The SMILES string of the molecule is c1ccc(CCCNc2nccc(NCc3cccnc3)n2)cc1. The van der Waals surface area contributed by atoms with Gasteiger partial charge in [-0.1, -0.05) is 36.4 Å². The van der Waals surface area contributed by atoms with Crippen LogP contribution in [-0.2, 0) is 13.0 Å². The lowest BCUT2D eigenvalue weighted by molar-refractivity contribution is 0.852. The molecule has 0 amide bonds. The van der Waals surface area contributed by atoms with Gasteiger partial charge in [-0.3, -0.25) is 4.98 Å². The Morgan fingerprint density at radius 3 is 2.54 bits per heavy atom. The highest BCUT2D eigenvalue weighted by Crippen LogP contribution is 2.08. The second kappa shape index (κ2) is 8.62. The van der Waals surface area contributed by atoms with E-state index in [0.29, 0.717) is 12.5 Å². The van der Waals surface area contributed by atoms with Crippen LogP contribution in [0.4, 0.5) is 11.8 Å². The Kier molecular flexibility index (Phi) is 5.72. The van der Waals surface area contributed by atoms with Gasteiger partial charge in [0.2, 0.25) is 5.95 Å². The molecule has 2 heterocycles. The first-order chi connectivity index (χ1) is 11.9. The molecular formula is C19H21N5. The zero-order valence-corrected chi connectivity index (χ0v) is 13.5. The number of nitrogens with one attached hydrogen (secondary N) is 2. The molecule has 122 valence electrons. The zero-order chi connectivity index (χ0) is 16.5. The van der Waals surface area contributed by atoms with Gasteiger partial charge in [-0.2, -0.15) is 4.98 Å². The maximum absolute atomic E-state index is 4.48. The van der Waals surface area contributed by atoms with Crippen molar-refractivity contribution in [2.75, 3.05) is 17.2 Å². The third kappa shape index (κ3) is 5.05. The molecule has 0 spiro atoms. The molecule has 0 unspecified atom stereocenters. The van der Waals surface area contributed by atoms with Gasteiger partial charge in [0.25, 0.3) is 0 Å². The molecule has 5 nitrogen and oxygen atoms in total. The van der Waals surface area contributed by atoms with Crippen molar-refractivity contribution >= 4 is 11.8 Å². The maximum atomic E-state index is 4.48. The Bertz CT molecular complexity index is 731. The number of pyridine rings is 1. The van der Waals surface area contributed by atoms with E-state index in [1.54, 1.807) is 12.4 Å². The predicted molar refractivity (Wildman–Crippen MR) is 96.8 cm³/mol.